The summed E-state index contributed by atoms with van der Waals surface area (Å²) >= 11 is 0. The number of carbonyl (C=O) groups excluding carboxylic acids is 1. The van der Waals surface area contributed by atoms with Gasteiger partial charge in [0.25, 0.3) is 5.56 Å². The van der Waals surface area contributed by atoms with Gasteiger partial charge in [-0.25, -0.2) is 4.79 Å². The SMILES string of the molecule is Cc1cn([C@@]2(C)C[C@H](O)[C@](CO)(NC(=O)C(F)(F)F)O2)c(=O)[nH]c1=O. The van der Waals surface area contributed by atoms with Gasteiger partial charge in [0, 0.05) is 18.2 Å². The van der Waals surface area contributed by atoms with E-state index in [2.05, 4.69) is 0 Å². The molecule has 12 heteroatoms. The molecule has 1 amide bonds. The van der Waals surface area contributed by atoms with Crippen LogP contribution in [0, 0.1) is 6.92 Å². The lowest BCUT2D eigenvalue weighted by Gasteiger charge is -2.34. The quantitative estimate of drug-likeness (QED) is 0.523. The van der Waals surface area contributed by atoms with E-state index in [1.54, 1.807) is 0 Å². The molecule has 1 aliphatic heterocycles. The fourth-order valence-corrected chi connectivity index (χ4v) is 2.64. The van der Waals surface area contributed by atoms with Crippen LogP contribution in [0.25, 0.3) is 0 Å². The molecule has 1 aromatic rings. The summed E-state index contributed by atoms with van der Waals surface area (Å²) < 4.78 is 43.7. The van der Waals surface area contributed by atoms with Crippen LogP contribution < -0.4 is 16.6 Å². The number of aryl methyl sites for hydroxylation is 1. The van der Waals surface area contributed by atoms with Gasteiger partial charge >= 0.3 is 17.8 Å². The van der Waals surface area contributed by atoms with Crippen LogP contribution in [0.5, 0.6) is 0 Å². The summed E-state index contributed by atoms with van der Waals surface area (Å²) in [5.41, 5.74) is -5.68. The Morgan fingerprint density at radius 3 is 2.64 bits per heavy atom. The highest BCUT2D eigenvalue weighted by atomic mass is 19.4. The number of hydrogen-bond acceptors (Lipinski definition) is 6. The van der Waals surface area contributed by atoms with Gasteiger partial charge in [-0.15, -0.1) is 0 Å². The Morgan fingerprint density at radius 2 is 2.12 bits per heavy atom. The third-order valence-electron chi connectivity index (χ3n) is 3.96. The Balaban J connectivity index is 2.45. The lowest BCUT2D eigenvalue weighted by molar-refractivity contribution is -0.209. The molecule has 2 rings (SSSR count). The highest BCUT2D eigenvalue weighted by Crippen LogP contribution is 2.39. The molecule has 1 saturated heterocycles. The number of aliphatic hydroxyl groups is 2. The summed E-state index contributed by atoms with van der Waals surface area (Å²) in [4.78, 5) is 36.6. The fraction of sp³-hybridized carbons (Fsp3) is 0.615. The van der Waals surface area contributed by atoms with Crippen molar-refractivity contribution in [2.75, 3.05) is 6.61 Å². The van der Waals surface area contributed by atoms with Crippen molar-refractivity contribution in [2.24, 2.45) is 0 Å². The first kappa shape index (κ1) is 19.1. The van der Waals surface area contributed by atoms with E-state index in [0.29, 0.717) is 0 Å². The summed E-state index contributed by atoms with van der Waals surface area (Å²) in [6.07, 6.45) is -6.35. The second-order valence-electron chi connectivity index (χ2n) is 5.94. The molecule has 0 aromatic carbocycles. The van der Waals surface area contributed by atoms with Crippen LogP contribution in [0.1, 0.15) is 18.9 Å². The molecule has 0 unspecified atom stereocenters. The molecule has 0 saturated carbocycles. The Hall–Kier alpha value is -2.18. The molecule has 2 heterocycles. The molecule has 0 bridgehead atoms. The average molecular weight is 367 g/mol. The number of hydrogen-bond donors (Lipinski definition) is 4. The lowest BCUT2D eigenvalue weighted by Crippen LogP contribution is -2.61. The minimum Gasteiger partial charge on any atom is -0.391 e. The number of halogens is 3. The normalized spacial score (nSPS) is 29.6. The zero-order valence-electron chi connectivity index (χ0n) is 13.2. The number of alkyl halides is 3. The predicted molar refractivity (Wildman–Crippen MR) is 75.4 cm³/mol. The Kier molecular flexibility index (Phi) is 4.57. The van der Waals surface area contributed by atoms with E-state index in [4.69, 9.17) is 4.74 Å². The van der Waals surface area contributed by atoms with Gasteiger partial charge in [0.15, 0.2) is 11.4 Å². The molecular formula is C13H16F3N3O6. The van der Waals surface area contributed by atoms with Crippen molar-refractivity contribution in [3.05, 3.63) is 32.6 Å². The van der Waals surface area contributed by atoms with Crippen molar-refractivity contribution in [2.45, 2.75) is 44.0 Å². The molecule has 140 valence electrons. The van der Waals surface area contributed by atoms with Crippen LogP contribution in [-0.4, -0.2) is 50.3 Å². The van der Waals surface area contributed by atoms with Crippen LogP contribution in [0.2, 0.25) is 0 Å². The second-order valence-corrected chi connectivity index (χ2v) is 5.94. The first-order valence-corrected chi connectivity index (χ1v) is 7.06. The van der Waals surface area contributed by atoms with E-state index >= 15 is 0 Å². The number of rotatable bonds is 3. The molecular weight excluding hydrogens is 351 g/mol. The van der Waals surface area contributed by atoms with E-state index in [9.17, 15) is 37.8 Å². The van der Waals surface area contributed by atoms with Gasteiger partial charge in [-0.2, -0.15) is 13.2 Å². The van der Waals surface area contributed by atoms with Gasteiger partial charge in [-0.1, -0.05) is 0 Å². The Labute approximate surface area is 138 Å². The van der Waals surface area contributed by atoms with Crippen molar-refractivity contribution >= 4 is 5.91 Å². The number of carbonyl (C=O) groups is 1. The van der Waals surface area contributed by atoms with Crippen molar-refractivity contribution in [1.82, 2.24) is 14.9 Å². The molecule has 9 nitrogen and oxygen atoms in total. The Morgan fingerprint density at radius 1 is 1.52 bits per heavy atom. The van der Waals surface area contributed by atoms with Crippen LogP contribution >= 0.6 is 0 Å². The third kappa shape index (κ3) is 3.32. The first-order chi connectivity index (χ1) is 11.3. The van der Waals surface area contributed by atoms with Gasteiger partial charge in [0.1, 0.15) is 6.10 Å². The molecule has 4 N–H and O–H groups in total. The summed E-state index contributed by atoms with van der Waals surface area (Å²) in [5, 5.41) is 21.0. The van der Waals surface area contributed by atoms with Gasteiger partial charge in [0.05, 0.1) is 6.61 Å². The molecule has 0 spiro atoms. The number of nitrogens with one attached hydrogen (secondary N) is 2. The maximum absolute atomic E-state index is 12.5. The molecule has 0 radical (unpaired) electrons. The maximum atomic E-state index is 12.5. The number of aliphatic hydroxyl groups excluding tert-OH is 2. The van der Waals surface area contributed by atoms with E-state index in [1.165, 1.54) is 19.2 Å². The zero-order chi connectivity index (χ0) is 19.2. The molecule has 3 atom stereocenters. The molecule has 1 aromatic heterocycles. The largest absolute Gasteiger partial charge is 0.471 e. The van der Waals surface area contributed by atoms with Crippen molar-refractivity contribution < 1.29 is 32.9 Å². The molecule has 1 aliphatic rings. The van der Waals surface area contributed by atoms with E-state index in [0.717, 1.165) is 10.8 Å². The molecule has 25 heavy (non-hydrogen) atoms. The van der Waals surface area contributed by atoms with Crippen LogP contribution in [0.15, 0.2) is 15.8 Å². The Bertz CT molecular complexity index is 803. The van der Waals surface area contributed by atoms with Gasteiger partial charge in [-0.3, -0.25) is 19.1 Å². The molecule has 1 fully saturated rings. The average Bonchev–Trinajstić information content (AvgIpc) is 2.74. The monoisotopic (exact) mass is 367 g/mol. The van der Waals surface area contributed by atoms with Crippen molar-refractivity contribution in [3.63, 3.8) is 0 Å². The summed E-state index contributed by atoms with van der Waals surface area (Å²) in [6.45, 7) is 1.46. The molecule has 0 aliphatic carbocycles. The lowest BCUT2D eigenvalue weighted by atomic mass is 10.0. The van der Waals surface area contributed by atoms with Crippen LogP contribution in [-0.2, 0) is 15.3 Å². The van der Waals surface area contributed by atoms with Crippen molar-refractivity contribution in [3.8, 4) is 0 Å². The fourth-order valence-electron chi connectivity index (χ4n) is 2.64. The number of nitrogens with zero attached hydrogens (tertiary/aromatic N) is 1. The topological polar surface area (TPSA) is 134 Å². The highest BCUT2D eigenvalue weighted by molar-refractivity contribution is 5.82. The maximum Gasteiger partial charge on any atom is 0.471 e. The standard InChI is InChI=1S/C13H16F3N3O6/c1-6-4-19(10(24)17-8(6)22)11(2)3-7(21)12(5-20,25-11)18-9(23)13(14,15)16/h4,7,20-21H,3,5H2,1-2H3,(H,18,23)(H,17,22,24)/t7-,11+,12+/m0/s1. The van der Waals surface area contributed by atoms with E-state index in [-0.39, 0.29) is 5.56 Å². The third-order valence-corrected chi connectivity index (χ3v) is 3.96. The zero-order valence-corrected chi connectivity index (χ0v) is 13.2. The van der Waals surface area contributed by atoms with E-state index < -0.39 is 53.9 Å². The summed E-state index contributed by atoms with van der Waals surface area (Å²) in [5.74, 6) is -2.42. The first-order valence-electron chi connectivity index (χ1n) is 7.06. The minimum atomic E-state index is -5.27. The highest BCUT2D eigenvalue weighted by Gasteiger charge is 2.58. The number of ether oxygens (including phenoxy) is 1. The number of aromatic amines is 1. The smallest absolute Gasteiger partial charge is 0.391 e. The minimum absolute atomic E-state index is 0.111. The van der Waals surface area contributed by atoms with Crippen LogP contribution in [0.3, 0.4) is 0 Å². The number of amides is 1. The number of H-pyrrole nitrogens is 1. The predicted octanol–water partition coefficient (Wildman–Crippen LogP) is -1.33. The van der Waals surface area contributed by atoms with Gasteiger partial charge < -0.3 is 20.3 Å². The second kappa shape index (κ2) is 5.97. The summed E-state index contributed by atoms with van der Waals surface area (Å²) in [7, 11) is 0. The summed E-state index contributed by atoms with van der Waals surface area (Å²) in [6, 6.07) is 0. The van der Waals surface area contributed by atoms with Gasteiger partial charge in [-0.05, 0) is 13.8 Å². The van der Waals surface area contributed by atoms with Crippen molar-refractivity contribution in [1.29, 1.82) is 0 Å². The number of aromatic nitrogens is 2. The van der Waals surface area contributed by atoms with E-state index in [1.807, 2.05) is 4.98 Å². The van der Waals surface area contributed by atoms with Gasteiger partial charge in [0.2, 0.25) is 0 Å². The van der Waals surface area contributed by atoms with Crippen LogP contribution in [0.4, 0.5) is 13.2 Å².